The first-order valence-electron chi connectivity index (χ1n) is 6.12. The van der Waals surface area contributed by atoms with Crippen molar-refractivity contribution >= 4 is 11.8 Å². The van der Waals surface area contributed by atoms with E-state index < -0.39 is 5.97 Å². The highest BCUT2D eigenvalue weighted by molar-refractivity contribution is 6.10. The Bertz CT molecular complexity index is 543. The van der Waals surface area contributed by atoms with Crippen LogP contribution in [-0.2, 0) is 11.2 Å². The van der Waals surface area contributed by atoms with E-state index in [9.17, 15) is 9.59 Å². The van der Waals surface area contributed by atoms with E-state index in [2.05, 4.69) is 5.16 Å². The van der Waals surface area contributed by atoms with Crippen molar-refractivity contribution in [1.82, 2.24) is 10.1 Å². The number of aromatic nitrogens is 1. The molecule has 0 aromatic carbocycles. The van der Waals surface area contributed by atoms with E-state index in [4.69, 9.17) is 9.26 Å². The lowest BCUT2D eigenvalue weighted by Crippen LogP contribution is -2.17. The van der Waals surface area contributed by atoms with Gasteiger partial charge in [0, 0.05) is 31.4 Å². The Morgan fingerprint density at radius 3 is 2.84 bits per heavy atom. The van der Waals surface area contributed by atoms with Crippen molar-refractivity contribution in [3.8, 4) is 0 Å². The van der Waals surface area contributed by atoms with Gasteiger partial charge in [0.1, 0.15) is 0 Å². The van der Waals surface area contributed by atoms with E-state index in [0.29, 0.717) is 24.0 Å². The van der Waals surface area contributed by atoms with Gasteiger partial charge in [0.25, 0.3) is 0 Å². The molecule has 0 amide bonds. The van der Waals surface area contributed by atoms with E-state index >= 15 is 0 Å². The van der Waals surface area contributed by atoms with Crippen LogP contribution in [0.5, 0.6) is 0 Å². The van der Waals surface area contributed by atoms with Crippen LogP contribution in [0.4, 0.5) is 0 Å². The van der Waals surface area contributed by atoms with Crippen molar-refractivity contribution in [3.63, 3.8) is 0 Å². The molecule has 2 rings (SSSR count). The minimum absolute atomic E-state index is 0.120. The minimum atomic E-state index is -0.541. The highest BCUT2D eigenvalue weighted by atomic mass is 16.5. The predicted molar refractivity (Wildman–Crippen MR) is 66.9 cm³/mol. The number of hydrogen-bond acceptors (Lipinski definition) is 6. The van der Waals surface area contributed by atoms with Gasteiger partial charge in [-0.15, -0.1) is 0 Å². The highest BCUT2D eigenvalue weighted by Gasteiger charge is 2.32. The Kier molecular flexibility index (Phi) is 3.69. The number of nitrogens with zero attached hydrogens (tertiary/aromatic N) is 2. The van der Waals surface area contributed by atoms with Gasteiger partial charge in [-0.25, -0.2) is 4.79 Å². The topological polar surface area (TPSA) is 72.6 Å². The number of carbonyl (C=O) groups is 2. The molecule has 0 atom stereocenters. The molecule has 6 heteroatoms. The van der Waals surface area contributed by atoms with Crippen molar-refractivity contribution in [3.05, 3.63) is 28.8 Å². The average molecular weight is 264 g/mol. The maximum Gasteiger partial charge on any atom is 0.360 e. The van der Waals surface area contributed by atoms with Gasteiger partial charge in [-0.3, -0.25) is 4.79 Å². The molecule has 0 radical (unpaired) electrons. The molecule has 6 nitrogen and oxygen atoms in total. The van der Waals surface area contributed by atoms with Gasteiger partial charge in [-0.2, -0.15) is 0 Å². The van der Waals surface area contributed by atoms with Gasteiger partial charge in [0.2, 0.25) is 11.5 Å². The number of rotatable bonds is 3. The number of ketones is 1. The Labute approximate surface area is 111 Å². The van der Waals surface area contributed by atoms with E-state index in [1.807, 2.05) is 14.1 Å². The van der Waals surface area contributed by atoms with Crippen LogP contribution in [0.3, 0.4) is 0 Å². The van der Waals surface area contributed by atoms with Crippen molar-refractivity contribution in [2.24, 2.45) is 0 Å². The summed E-state index contributed by atoms with van der Waals surface area (Å²) < 4.78 is 9.90. The highest BCUT2D eigenvalue weighted by Crippen LogP contribution is 2.28. The minimum Gasteiger partial charge on any atom is -0.461 e. The molecule has 0 bridgehead atoms. The number of carbonyl (C=O) groups excluding carboxylic acids is 2. The second kappa shape index (κ2) is 5.26. The normalized spacial score (nSPS) is 16.4. The Hall–Kier alpha value is -2.11. The SMILES string of the molecule is CCOC(=O)c1noc2c1CC/C(=C\N(C)C)C2=O. The first kappa shape index (κ1) is 13.3. The van der Waals surface area contributed by atoms with E-state index in [1.54, 1.807) is 18.0 Å². The summed E-state index contributed by atoms with van der Waals surface area (Å²) in [7, 11) is 3.69. The zero-order chi connectivity index (χ0) is 14.0. The molecule has 0 aliphatic heterocycles. The number of hydrogen-bond donors (Lipinski definition) is 0. The van der Waals surface area contributed by atoms with Crippen LogP contribution in [-0.4, -0.2) is 42.5 Å². The number of esters is 1. The molecule has 0 fully saturated rings. The predicted octanol–water partition coefficient (Wildman–Crippen LogP) is 1.43. The molecular weight excluding hydrogens is 248 g/mol. The summed E-state index contributed by atoms with van der Waals surface area (Å²) in [5.74, 6) is -0.597. The quantitative estimate of drug-likeness (QED) is 0.607. The van der Waals surface area contributed by atoms with Crippen LogP contribution in [0.25, 0.3) is 0 Å². The third kappa shape index (κ3) is 2.52. The van der Waals surface area contributed by atoms with E-state index in [-0.39, 0.29) is 23.8 Å². The van der Waals surface area contributed by atoms with Crippen LogP contribution in [0, 0.1) is 0 Å². The third-order valence-corrected chi connectivity index (χ3v) is 2.81. The van der Waals surface area contributed by atoms with Crippen LogP contribution in [0.15, 0.2) is 16.3 Å². The fourth-order valence-electron chi connectivity index (χ4n) is 2.03. The van der Waals surface area contributed by atoms with Crippen LogP contribution < -0.4 is 0 Å². The summed E-state index contributed by atoms with van der Waals surface area (Å²) in [4.78, 5) is 25.6. The van der Waals surface area contributed by atoms with E-state index in [1.165, 1.54) is 0 Å². The number of allylic oxidation sites excluding steroid dienone is 1. The molecule has 19 heavy (non-hydrogen) atoms. The standard InChI is InChI=1S/C13H16N2O4/c1-4-18-13(17)10-9-6-5-8(7-15(2)3)11(16)12(9)19-14-10/h7H,4-6H2,1-3H3/b8-7+. The zero-order valence-corrected chi connectivity index (χ0v) is 11.2. The smallest absolute Gasteiger partial charge is 0.360 e. The molecule has 1 aromatic rings. The van der Waals surface area contributed by atoms with Crippen molar-refractivity contribution < 1.29 is 18.8 Å². The molecule has 0 saturated heterocycles. The summed E-state index contributed by atoms with van der Waals surface area (Å²) >= 11 is 0. The fraction of sp³-hybridized carbons (Fsp3) is 0.462. The molecule has 102 valence electrons. The molecule has 1 aliphatic carbocycles. The molecule has 0 unspecified atom stereocenters. The molecule has 0 N–H and O–H groups in total. The first-order chi connectivity index (χ1) is 9.04. The van der Waals surface area contributed by atoms with Gasteiger partial charge >= 0.3 is 5.97 Å². The van der Waals surface area contributed by atoms with Crippen LogP contribution in [0.1, 0.15) is 40.0 Å². The lowest BCUT2D eigenvalue weighted by atomic mass is 9.91. The molecule has 1 aromatic heterocycles. The molecule has 0 saturated carbocycles. The lowest BCUT2D eigenvalue weighted by molar-refractivity contribution is 0.0513. The van der Waals surface area contributed by atoms with Crippen molar-refractivity contribution in [2.45, 2.75) is 19.8 Å². The number of Topliss-reactive ketones (excluding diaryl/α,β-unsaturated/α-hetero) is 1. The first-order valence-corrected chi connectivity index (χ1v) is 6.12. The average Bonchev–Trinajstić information content (AvgIpc) is 2.77. The van der Waals surface area contributed by atoms with Gasteiger partial charge in [-0.1, -0.05) is 5.16 Å². The van der Waals surface area contributed by atoms with Gasteiger partial charge in [-0.05, 0) is 19.8 Å². The second-order valence-electron chi connectivity index (χ2n) is 4.51. The maximum atomic E-state index is 12.2. The number of fused-ring (bicyclic) bond motifs is 1. The van der Waals surface area contributed by atoms with Crippen LogP contribution in [0.2, 0.25) is 0 Å². The number of ether oxygens (including phenoxy) is 1. The summed E-state index contributed by atoms with van der Waals surface area (Å²) in [6, 6.07) is 0. The Morgan fingerprint density at radius 1 is 1.47 bits per heavy atom. The molecule has 1 heterocycles. The second-order valence-corrected chi connectivity index (χ2v) is 4.51. The van der Waals surface area contributed by atoms with Gasteiger partial charge in [0.15, 0.2) is 5.69 Å². The Balaban J connectivity index is 2.33. The van der Waals surface area contributed by atoms with Gasteiger partial charge < -0.3 is 14.2 Å². The molecule has 0 spiro atoms. The molecular formula is C13H16N2O4. The van der Waals surface area contributed by atoms with Crippen molar-refractivity contribution in [1.29, 1.82) is 0 Å². The van der Waals surface area contributed by atoms with Crippen molar-refractivity contribution in [2.75, 3.05) is 20.7 Å². The zero-order valence-electron chi connectivity index (χ0n) is 11.2. The summed E-state index contributed by atoms with van der Waals surface area (Å²) in [5, 5.41) is 3.67. The summed E-state index contributed by atoms with van der Waals surface area (Å²) in [6.07, 6.45) is 2.88. The maximum absolute atomic E-state index is 12.2. The molecule has 1 aliphatic rings. The summed E-state index contributed by atoms with van der Waals surface area (Å²) in [6.45, 7) is 1.98. The fourth-order valence-corrected chi connectivity index (χ4v) is 2.03. The third-order valence-electron chi connectivity index (χ3n) is 2.81. The van der Waals surface area contributed by atoms with E-state index in [0.717, 1.165) is 0 Å². The summed E-state index contributed by atoms with van der Waals surface area (Å²) in [5.41, 5.74) is 1.33. The van der Waals surface area contributed by atoms with Crippen LogP contribution >= 0.6 is 0 Å². The lowest BCUT2D eigenvalue weighted by Gasteiger charge is -2.14. The Morgan fingerprint density at radius 2 is 2.21 bits per heavy atom. The monoisotopic (exact) mass is 264 g/mol. The largest absolute Gasteiger partial charge is 0.461 e. The van der Waals surface area contributed by atoms with Gasteiger partial charge in [0.05, 0.1) is 6.61 Å².